The first kappa shape index (κ1) is 16.4. The highest BCUT2D eigenvalue weighted by molar-refractivity contribution is 6.69. The van der Waals surface area contributed by atoms with E-state index < -0.39 is 14.3 Å². The number of rotatable bonds is 1. The molecular weight excluding hydrogens is 315 g/mol. The van der Waals surface area contributed by atoms with Crippen LogP contribution in [0.2, 0.25) is 0 Å². The number of alkyl halides is 8. The molecule has 0 N–H and O–H groups in total. The summed E-state index contributed by atoms with van der Waals surface area (Å²) in [6, 6.07) is 0. The van der Waals surface area contributed by atoms with Gasteiger partial charge in [-0.05, 0) is 0 Å². The summed E-state index contributed by atoms with van der Waals surface area (Å²) in [5.74, 6) is -0.353. The van der Waals surface area contributed by atoms with Crippen LogP contribution in [0.3, 0.4) is 0 Å². The van der Waals surface area contributed by atoms with Gasteiger partial charge >= 0.3 is 0 Å². The zero-order chi connectivity index (χ0) is 10.4. The third-order valence-electron chi connectivity index (χ3n) is 0.303. The predicted octanol–water partition coefficient (Wildman–Crippen LogP) is 4.92. The lowest BCUT2D eigenvalue weighted by molar-refractivity contribution is 0.428. The molecule has 0 heterocycles. The van der Waals surface area contributed by atoms with Crippen molar-refractivity contribution in [3.8, 4) is 0 Å². The van der Waals surface area contributed by atoms with Gasteiger partial charge in [0.05, 0.1) is 11.8 Å². The minimum atomic E-state index is -2.25. The van der Waals surface area contributed by atoms with Crippen LogP contribution in [0.15, 0.2) is 0 Å². The summed E-state index contributed by atoms with van der Waals surface area (Å²) < 4.78 is 7.99. The second-order valence-corrected chi connectivity index (χ2v) is 5.94. The number of hydrogen-bond acceptors (Lipinski definition) is 0. The molecule has 0 unspecified atom stereocenters. The SMILES string of the molecule is ClCC(Cl)(Cl)Cl.FC(Cl)(Cl)CCl. The van der Waals surface area contributed by atoms with Gasteiger partial charge in [-0.25, -0.2) is 4.39 Å². The fourth-order valence-corrected chi connectivity index (χ4v) is 0. The van der Waals surface area contributed by atoms with Gasteiger partial charge in [0.25, 0.3) is 4.59 Å². The molecule has 8 heteroatoms. The Balaban J connectivity index is 0. The average Bonchev–Trinajstić information content (AvgIpc) is 1.86. The van der Waals surface area contributed by atoms with Gasteiger partial charge < -0.3 is 0 Å². The van der Waals surface area contributed by atoms with E-state index in [1.165, 1.54) is 0 Å². The monoisotopic (exact) mass is 316 g/mol. The zero-order valence-electron chi connectivity index (χ0n) is 5.44. The minimum absolute atomic E-state index is 0.0394. The van der Waals surface area contributed by atoms with Gasteiger partial charge in [-0.3, -0.25) is 0 Å². The van der Waals surface area contributed by atoms with E-state index in [-0.39, 0.29) is 5.88 Å². The highest BCUT2D eigenvalue weighted by Crippen LogP contribution is 2.26. The fraction of sp³-hybridized carbons (Fsp3) is 1.00. The van der Waals surface area contributed by atoms with E-state index in [0.29, 0.717) is 0 Å². The van der Waals surface area contributed by atoms with E-state index in [2.05, 4.69) is 23.2 Å². The number of hydrogen-bond donors (Lipinski definition) is 0. The van der Waals surface area contributed by atoms with Crippen LogP contribution in [0.5, 0.6) is 0 Å². The molecule has 0 aliphatic heterocycles. The molecule has 12 heavy (non-hydrogen) atoms. The summed E-state index contributed by atoms with van der Waals surface area (Å²) in [5, 5.41) is 0. The van der Waals surface area contributed by atoms with Crippen LogP contribution < -0.4 is 0 Å². The molecule has 0 amide bonds. The third-order valence-corrected chi connectivity index (χ3v) is 2.42. The molecule has 0 aromatic rings. The molecule has 0 aromatic heterocycles. The summed E-state index contributed by atoms with van der Waals surface area (Å²) in [6.07, 6.45) is 0. The molecule has 0 aliphatic carbocycles. The molecule has 76 valence electrons. The normalized spacial score (nSPS) is 12.0. The minimum Gasteiger partial charge on any atom is -0.207 e. The lowest BCUT2D eigenvalue weighted by atomic mass is 10.9. The van der Waals surface area contributed by atoms with Crippen LogP contribution in [0.4, 0.5) is 4.39 Å². The van der Waals surface area contributed by atoms with Gasteiger partial charge in [0.15, 0.2) is 0 Å². The van der Waals surface area contributed by atoms with Crippen molar-refractivity contribution in [2.75, 3.05) is 11.8 Å². The Morgan fingerprint density at radius 3 is 1.00 bits per heavy atom. The Labute approximate surface area is 105 Å². The maximum Gasteiger partial charge on any atom is 0.270 e. The Bertz CT molecular complexity index is 89.0. The van der Waals surface area contributed by atoms with Crippen molar-refractivity contribution in [1.82, 2.24) is 0 Å². The summed E-state index contributed by atoms with van der Waals surface area (Å²) in [7, 11) is 0. The van der Waals surface area contributed by atoms with Gasteiger partial charge in [-0.2, -0.15) is 0 Å². The Morgan fingerprint density at radius 2 is 1.00 bits per heavy atom. The molecule has 0 saturated heterocycles. The van der Waals surface area contributed by atoms with E-state index in [1.54, 1.807) is 0 Å². The first-order chi connectivity index (χ1) is 5.12. The van der Waals surface area contributed by atoms with Crippen molar-refractivity contribution in [1.29, 1.82) is 0 Å². The Kier molecular flexibility index (Phi) is 9.94. The average molecular weight is 319 g/mol. The van der Waals surface area contributed by atoms with Crippen molar-refractivity contribution in [3.63, 3.8) is 0 Å². The maximum atomic E-state index is 11.5. The van der Waals surface area contributed by atoms with E-state index in [1.807, 2.05) is 0 Å². The van der Waals surface area contributed by atoms with Crippen LogP contribution in [0.25, 0.3) is 0 Å². The van der Waals surface area contributed by atoms with Crippen molar-refractivity contribution < 1.29 is 4.39 Å². The Morgan fingerprint density at radius 1 is 0.833 bits per heavy atom. The van der Waals surface area contributed by atoms with E-state index in [9.17, 15) is 4.39 Å². The van der Waals surface area contributed by atoms with Crippen LogP contribution in [0, 0.1) is 0 Å². The summed E-state index contributed by atoms with van der Waals surface area (Å²) >= 11 is 34.6. The zero-order valence-corrected chi connectivity index (χ0v) is 10.7. The molecule has 0 nitrogen and oxygen atoms in total. The standard InChI is InChI=1S/C2H2Cl4.C2H2Cl3F/c2*3-1-2(4,5)6/h2*1H2. The van der Waals surface area contributed by atoms with Crippen molar-refractivity contribution in [2.45, 2.75) is 8.38 Å². The van der Waals surface area contributed by atoms with Crippen LogP contribution in [-0.4, -0.2) is 20.1 Å². The van der Waals surface area contributed by atoms with Crippen LogP contribution in [0.1, 0.15) is 0 Å². The van der Waals surface area contributed by atoms with Crippen LogP contribution in [-0.2, 0) is 0 Å². The molecule has 0 radical (unpaired) electrons. The van der Waals surface area contributed by atoms with E-state index in [4.69, 9.17) is 58.0 Å². The molecule has 0 fully saturated rings. The van der Waals surface area contributed by atoms with Gasteiger partial charge in [0.2, 0.25) is 3.79 Å². The van der Waals surface area contributed by atoms with Gasteiger partial charge in [0.1, 0.15) is 0 Å². The van der Waals surface area contributed by atoms with E-state index in [0.717, 1.165) is 0 Å². The molecular formula is C4H4Cl7F. The molecule has 0 rings (SSSR count). The molecule has 0 spiro atoms. The Hall–Kier alpha value is 1.96. The van der Waals surface area contributed by atoms with Crippen molar-refractivity contribution in [3.05, 3.63) is 0 Å². The number of halogens is 8. The summed E-state index contributed by atoms with van der Waals surface area (Å²) in [6.45, 7) is 0. The van der Waals surface area contributed by atoms with Crippen LogP contribution >= 0.6 is 81.2 Å². The summed E-state index contributed by atoms with van der Waals surface area (Å²) in [5.41, 5.74) is 0. The van der Waals surface area contributed by atoms with Gasteiger partial charge in [0, 0.05) is 0 Å². The molecule has 0 atom stereocenters. The molecule has 0 saturated carbocycles. The maximum absolute atomic E-state index is 11.5. The summed E-state index contributed by atoms with van der Waals surface area (Å²) in [4.78, 5) is 0. The smallest absolute Gasteiger partial charge is 0.207 e. The second kappa shape index (κ2) is 7.28. The fourth-order valence-electron chi connectivity index (χ4n) is 0. The van der Waals surface area contributed by atoms with Gasteiger partial charge in [-0.1, -0.05) is 58.0 Å². The highest BCUT2D eigenvalue weighted by atomic mass is 35.6. The van der Waals surface area contributed by atoms with E-state index >= 15 is 0 Å². The highest BCUT2D eigenvalue weighted by Gasteiger charge is 2.18. The molecule has 0 aromatic carbocycles. The molecule has 0 bridgehead atoms. The third kappa shape index (κ3) is 22.7. The topological polar surface area (TPSA) is 0 Å². The lowest BCUT2D eigenvalue weighted by Crippen LogP contribution is -2.03. The molecule has 0 aliphatic rings. The van der Waals surface area contributed by atoms with Gasteiger partial charge in [-0.15, -0.1) is 23.2 Å². The lowest BCUT2D eigenvalue weighted by Gasteiger charge is -2.00. The van der Waals surface area contributed by atoms with Crippen molar-refractivity contribution >= 4 is 81.2 Å². The van der Waals surface area contributed by atoms with Crippen molar-refractivity contribution in [2.24, 2.45) is 0 Å². The quantitative estimate of drug-likeness (QED) is 0.602. The first-order valence-corrected chi connectivity index (χ1v) is 5.33. The largest absolute Gasteiger partial charge is 0.270 e. The first-order valence-electron chi connectivity index (χ1n) is 2.38. The predicted molar refractivity (Wildman–Crippen MR) is 57.3 cm³/mol. The second-order valence-electron chi connectivity index (χ2n) is 1.50.